The number of hydrogen-bond acceptors (Lipinski definition) is 3. The van der Waals surface area contributed by atoms with Gasteiger partial charge in [-0.1, -0.05) is 6.92 Å². The lowest BCUT2D eigenvalue weighted by molar-refractivity contribution is -0.152. The Kier molecular flexibility index (Phi) is 3.90. The summed E-state index contributed by atoms with van der Waals surface area (Å²) >= 11 is 0. The van der Waals surface area contributed by atoms with Crippen LogP contribution in [0.25, 0.3) is 0 Å². The van der Waals surface area contributed by atoms with E-state index in [1.807, 2.05) is 13.8 Å². The van der Waals surface area contributed by atoms with Crippen molar-refractivity contribution in [2.24, 2.45) is 11.8 Å². The maximum Gasteiger partial charge on any atom is 0.306 e. The minimum Gasteiger partial charge on any atom is -0.481 e. The fourth-order valence-electron chi connectivity index (χ4n) is 2.90. The van der Waals surface area contributed by atoms with Gasteiger partial charge in [0.1, 0.15) is 6.10 Å². The Bertz CT molecular complexity index is 344. The molecule has 0 spiro atoms. The van der Waals surface area contributed by atoms with Crippen LogP contribution in [0.1, 0.15) is 33.1 Å². The third-order valence-corrected chi connectivity index (χ3v) is 4.14. The first-order valence-electron chi connectivity index (χ1n) is 6.65. The van der Waals surface area contributed by atoms with Crippen molar-refractivity contribution in [2.75, 3.05) is 13.2 Å². The molecule has 0 aromatic carbocycles. The van der Waals surface area contributed by atoms with Gasteiger partial charge in [-0.25, -0.2) is 0 Å². The predicted molar refractivity (Wildman–Crippen MR) is 65.1 cm³/mol. The molecule has 5 nitrogen and oxygen atoms in total. The number of piperidine rings is 1. The Hall–Kier alpha value is -1.10. The molecule has 5 heteroatoms. The van der Waals surface area contributed by atoms with E-state index in [0.717, 1.165) is 6.42 Å². The highest BCUT2D eigenvalue weighted by molar-refractivity contribution is 5.82. The summed E-state index contributed by atoms with van der Waals surface area (Å²) in [6.07, 6.45) is 1.69. The molecule has 2 aliphatic heterocycles. The second-order valence-corrected chi connectivity index (χ2v) is 5.50. The van der Waals surface area contributed by atoms with Gasteiger partial charge in [-0.15, -0.1) is 0 Å². The SMILES string of the molecule is CC1CCOC1C(=O)N1CCC(C(=O)O)CC1C. The monoisotopic (exact) mass is 255 g/mol. The van der Waals surface area contributed by atoms with Crippen molar-refractivity contribution in [1.82, 2.24) is 4.90 Å². The minimum absolute atomic E-state index is 0.0104. The number of carbonyl (C=O) groups is 2. The van der Waals surface area contributed by atoms with Gasteiger partial charge in [-0.3, -0.25) is 9.59 Å². The van der Waals surface area contributed by atoms with Crippen molar-refractivity contribution in [3.63, 3.8) is 0 Å². The zero-order valence-corrected chi connectivity index (χ0v) is 11.0. The van der Waals surface area contributed by atoms with Crippen molar-refractivity contribution in [3.05, 3.63) is 0 Å². The largest absolute Gasteiger partial charge is 0.481 e. The molecule has 2 saturated heterocycles. The van der Waals surface area contributed by atoms with Crippen molar-refractivity contribution in [1.29, 1.82) is 0 Å². The summed E-state index contributed by atoms with van der Waals surface area (Å²) in [5, 5.41) is 9.01. The molecule has 18 heavy (non-hydrogen) atoms. The Labute approximate surface area is 107 Å². The van der Waals surface area contributed by atoms with E-state index in [1.54, 1.807) is 4.90 Å². The lowest BCUT2D eigenvalue weighted by atomic mass is 9.90. The first-order valence-corrected chi connectivity index (χ1v) is 6.65. The van der Waals surface area contributed by atoms with Crippen LogP contribution in [0.15, 0.2) is 0 Å². The van der Waals surface area contributed by atoms with Crippen molar-refractivity contribution >= 4 is 11.9 Å². The molecule has 0 bridgehead atoms. The van der Waals surface area contributed by atoms with Gasteiger partial charge in [0.25, 0.3) is 5.91 Å². The quantitative estimate of drug-likeness (QED) is 0.803. The highest BCUT2D eigenvalue weighted by Crippen LogP contribution is 2.27. The molecule has 0 aliphatic carbocycles. The molecule has 4 unspecified atom stereocenters. The minimum atomic E-state index is -0.751. The summed E-state index contributed by atoms with van der Waals surface area (Å²) < 4.78 is 5.50. The second kappa shape index (κ2) is 5.26. The number of amides is 1. The van der Waals surface area contributed by atoms with Crippen LogP contribution in [0.4, 0.5) is 0 Å². The van der Waals surface area contributed by atoms with Crippen LogP contribution in [0.3, 0.4) is 0 Å². The van der Waals surface area contributed by atoms with Gasteiger partial charge in [0.05, 0.1) is 5.92 Å². The molecule has 2 rings (SSSR count). The molecule has 0 saturated carbocycles. The van der Waals surface area contributed by atoms with Crippen LogP contribution < -0.4 is 0 Å². The van der Waals surface area contributed by atoms with E-state index in [1.165, 1.54) is 0 Å². The van der Waals surface area contributed by atoms with E-state index in [4.69, 9.17) is 9.84 Å². The first kappa shape index (κ1) is 13.3. The number of likely N-dealkylation sites (tertiary alicyclic amines) is 1. The number of aliphatic carboxylic acids is 1. The number of carboxylic acids is 1. The van der Waals surface area contributed by atoms with Gasteiger partial charge in [0, 0.05) is 19.2 Å². The summed E-state index contributed by atoms with van der Waals surface area (Å²) in [4.78, 5) is 25.1. The van der Waals surface area contributed by atoms with Crippen molar-refractivity contribution in [3.8, 4) is 0 Å². The standard InChI is InChI=1S/C13H21NO4/c1-8-4-6-18-11(8)12(15)14-5-3-10(13(16)17)7-9(14)2/h8-11H,3-7H2,1-2H3,(H,16,17). The van der Waals surface area contributed by atoms with Crippen molar-refractivity contribution < 1.29 is 19.4 Å². The number of nitrogens with zero attached hydrogens (tertiary/aromatic N) is 1. The summed E-state index contributed by atoms with van der Waals surface area (Å²) in [7, 11) is 0. The average molecular weight is 255 g/mol. The summed E-state index contributed by atoms with van der Waals surface area (Å²) in [5.74, 6) is -0.761. The number of rotatable bonds is 2. The molecule has 0 aromatic heterocycles. The van der Waals surface area contributed by atoms with E-state index < -0.39 is 5.97 Å². The predicted octanol–water partition coefficient (Wildman–Crippen LogP) is 1.12. The molecule has 1 amide bonds. The van der Waals surface area contributed by atoms with Crippen LogP contribution in [-0.2, 0) is 14.3 Å². The molecular weight excluding hydrogens is 234 g/mol. The third-order valence-electron chi connectivity index (χ3n) is 4.14. The van der Waals surface area contributed by atoms with Crippen molar-refractivity contribution in [2.45, 2.75) is 45.3 Å². The van der Waals surface area contributed by atoms with Crippen LogP contribution in [0, 0.1) is 11.8 Å². The molecule has 2 fully saturated rings. The van der Waals surface area contributed by atoms with E-state index in [9.17, 15) is 9.59 Å². The van der Waals surface area contributed by atoms with Gasteiger partial charge in [0.2, 0.25) is 0 Å². The Morgan fingerprint density at radius 1 is 1.28 bits per heavy atom. The van der Waals surface area contributed by atoms with Gasteiger partial charge in [0.15, 0.2) is 0 Å². The molecule has 2 aliphatic rings. The van der Waals surface area contributed by atoms with Crippen LogP contribution >= 0.6 is 0 Å². The van der Waals surface area contributed by atoms with E-state index in [2.05, 4.69) is 0 Å². The second-order valence-electron chi connectivity index (χ2n) is 5.50. The van der Waals surface area contributed by atoms with Gasteiger partial charge < -0.3 is 14.7 Å². The summed E-state index contributed by atoms with van der Waals surface area (Å²) in [6, 6.07) is -0.0104. The summed E-state index contributed by atoms with van der Waals surface area (Å²) in [5.41, 5.74) is 0. The van der Waals surface area contributed by atoms with Crippen LogP contribution in [-0.4, -0.2) is 47.2 Å². The molecule has 0 radical (unpaired) electrons. The molecule has 2 heterocycles. The van der Waals surface area contributed by atoms with Crippen LogP contribution in [0.5, 0.6) is 0 Å². The lowest BCUT2D eigenvalue weighted by Gasteiger charge is -2.38. The lowest BCUT2D eigenvalue weighted by Crippen LogP contribution is -2.50. The maximum atomic E-state index is 12.4. The summed E-state index contributed by atoms with van der Waals surface area (Å²) in [6.45, 7) is 5.14. The van der Waals surface area contributed by atoms with Crippen LogP contribution in [0.2, 0.25) is 0 Å². The zero-order chi connectivity index (χ0) is 13.3. The number of carboxylic acid groups (broad SMARTS) is 1. The highest BCUT2D eigenvalue weighted by Gasteiger charge is 2.39. The third kappa shape index (κ3) is 2.51. The zero-order valence-electron chi connectivity index (χ0n) is 11.0. The van der Waals surface area contributed by atoms with Gasteiger partial charge >= 0.3 is 5.97 Å². The fraction of sp³-hybridized carbons (Fsp3) is 0.846. The van der Waals surface area contributed by atoms with Gasteiger partial charge in [-0.05, 0) is 32.1 Å². The van der Waals surface area contributed by atoms with Gasteiger partial charge in [-0.2, -0.15) is 0 Å². The molecule has 4 atom stereocenters. The molecular formula is C13H21NO4. The Balaban J connectivity index is 1.98. The topological polar surface area (TPSA) is 66.8 Å². The normalized spacial score (nSPS) is 36.7. The molecule has 1 N–H and O–H groups in total. The smallest absolute Gasteiger partial charge is 0.306 e. The Morgan fingerprint density at radius 3 is 2.50 bits per heavy atom. The fourth-order valence-corrected chi connectivity index (χ4v) is 2.90. The first-order chi connectivity index (χ1) is 8.50. The number of carbonyl (C=O) groups excluding carboxylic acids is 1. The Morgan fingerprint density at radius 2 is 2.00 bits per heavy atom. The van der Waals surface area contributed by atoms with E-state index in [0.29, 0.717) is 26.0 Å². The number of hydrogen-bond donors (Lipinski definition) is 1. The molecule has 0 aromatic rings. The van der Waals surface area contributed by atoms with E-state index in [-0.39, 0.29) is 29.9 Å². The molecule has 102 valence electrons. The maximum absolute atomic E-state index is 12.4. The van der Waals surface area contributed by atoms with E-state index >= 15 is 0 Å². The highest BCUT2D eigenvalue weighted by atomic mass is 16.5. The average Bonchev–Trinajstić information content (AvgIpc) is 2.74. The number of ether oxygens (including phenoxy) is 1.